The molecule has 1 saturated heterocycles. The van der Waals surface area contributed by atoms with E-state index < -0.39 is 6.29 Å². The summed E-state index contributed by atoms with van der Waals surface area (Å²) in [6, 6.07) is 10.2. The van der Waals surface area contributed by atoms with Gasteiger partial charge in [-0.1, -0.05) is 44.2 Å². The second-order valence-corrected chi connectivity index (χ2v) is 5.86. The van der Waals surface area contributed by atoms with Crippen LogP contribution in [-0.2, 0) is 20.8 Å². The maximum atomic E-state index is 7.50. The first-order chi connectivity index (χ1) is 9.99. The van der Waals surface area contributed by atoms with Gasteiger partial charge in [0.1, 0.15) is 0 Å². The highest BCUT2D eigenvalue weighted by Crippen LogP contribution is 2.33. The normalized spacial score (nSPS) is 32.7. The van der Waals surface area contributed by atoms with Gasteiger partial charge in [-0.05, 0) is 12.5 Å². The highest BCUT2D eigenvalue weighted by molar-refractivity contribution is 5.69. The molecule has 0 radical (unpaired) electrons. The van der Waals surface area contributed by atoms with Gasteiger partial charge in [-0.25, -0.2) is 0 Å². The average Bonchev–Trinajstić information content (AvgIpc) is 2.45. The van der Waals surface area contributed by atoms with Gasteiger partial charge >= 0.3 is 0 Å². The van der Waals surface area contributed by atoms with Gasteiger partial charge in [0.2, 0.25) is 6.29 Å². The van der Waals surface area contributed by atoms with Crippen LogP contribution in [0.5, 0.6) is 0 Å². The highest BCUT2D eigenvalue weighted by atomic mass is 16.7. The molecule has 1 heterocycles. The Morgan fingerprint density at radius 2 is 1.81 bits per heavy atom. The Morgan fingerprint density at radius 3 is 2.43 bits per heavy atom. The summed E-state index contributed by atoms with van der Waals surface area (Å²) in [6.45, 7) is 8.45. The number of hydrogen-bond donors (Lipinski definition) is 1. The number of ether oxygens (including phenoxy) is 3. The Hall–Kier alpha value is -1.39. The second-order valence-electron chi connectivity index (χ2n) is 5.86. The smallest absolute Gasteiger partial charge is 0.206 e. The maximum absolute atomic E-state index is 7.50. The molecule has 0 bridgehead atoms. The lowest BCUT2D eigenvalue weighted by atomic mass is 9.86. The summed E-state index contributed by atoms with van der Waals surface area (Å²) in [7, 11) is 0. The molecule has 1 aromatic rings. The van der Waals surface area contributed by atoms with Crippen molar-refractivity contribution >= 4 is 5.90 Å². The van der Waals surface area contributed by atoms with Crippen molar-refractivity contribution in [2.75, 3.05) is 0 Å². The molecular weight excluding hydrogens is 266 g/mol. The zero-order valence-corrected chi connectivity index (χ0v) is 13.2. The van der Waals surface area contributed by atoms with Crippen molar-refractivity contribution in [3.05, 3.63) is 35.9 Å². The Kier molecular flexibility index (Phi) is 5.37. The van der Waals surface area contributed by atoms with E-state index in [0.29, 0.717) is 6.61 Å². The Labute approximate surface area is 126 Å². The first-order valence-electron chi connectivity index (χ1n) is 7.52. The highest BCUT2D eigenvalue weighted by Gasteiger charge is 2.41. The van der Waals surface area contributed by atoms with Crippen molar-refractivity contribution in [3.8, 4) is 0 Å². The number of benzene rings is 1. The number of rotatable bonds is 4. The van der Waals surface area contributed by atoms with Gasteiger partial charge in [0.05, 0.1) is 18.8 Å². The Bertz CT molecular complexity index is 462. The quantitative estimate of drug-likeness (QED) is 0.681. The van der Waals surface area contributed by atoms with Gasteiger partial charge < -0.3 is 14.2 Å². The van der Waals surface area contributed by atoms with E-state index in [1.54, 1.807) is 6.92 Å². The zero-order valence-electron chi connectivity index (χ0n) is 13.2. The van der Waals surface area contributed by atoms with Gasteiger partial charge in [-0.2, -0.15) is 0 Å². The van der Waals surface area contributed by atoms with E-state index in [-0.39, 0.29) is 29.9 Å². The summed E-state index contributed by atoms with van der Waals surface area (Å²) in [5.74, 6) is 0.547. The molecule has 1 aliphatic heterocycles. The van der Waals surface area contributed by atoms with Crippen LogP contribution < -0.4 is 0 Å². The summed E-state index contributed by atoms with van der Waals surface area (Å²) in [4.78, 5) is 0. The fourth-order valence-corrected chi connectivity index (χ4v) is 2.74. The standard InChI is InChI=1S/C17H25NO3/c1-11-13(3)20-17(21-14(4)18)12(2)16(11)19-10-15-8-6-5-7-9-15/h5-9,11-13,16-18H,10H2,1-4H3/t11-,12-,13-,16+,17?/m1/s1. The molecule has 116 valence electrons. The second kappa shape index (κ2) is 7.05. The predicted molar refractivity (Wildman–Crippen MR) is 82.2 cm³/mol. The predicted octanol–water partition coefficient (Wildman–Crippen LogP) is 3.60. The van der Waals surface area contributed by atoms with Crippen LogP contribution in [-0.4, -0.2) is 24.4 Å². The van der Waals surface area contributed by atoms with Crippen molar-refractivity contribution < 1.29 is 14.2 Å². The van der Waals surface area contributed by atoms with Gasteiger partial charge in [-0.3, -0.25) is 5.41 Å². The summed E-state index contributed by atoms with van der Waals surface area (Å²) in [5.41, 5.74) is 1.16. The van der Waals surface area contributed by atoms with Crippen LogP contribution in [0.25, 0.3) is 0 Å². The van der Waals surface area contributed by atoms with Crippen LogP contribution in [0.3, 0.4) is 0 Å². The minimum Gasteiger partial charge on any atom is -0.452 e. The van der Waals surface area contributed by atoms with E-state index in [0.717, 1.165) is 5.56 Å². The number of hydrogen-bond acceptors (Lipinski definition) is 4. The van der Waals surface area contributed by atoms with Gasteiger partial charge in [0, 0.05) is 18.8 Å². The van der Waals surface area contributed by atoms with E-state index in [2.05, 4.69) is 26.0 Å². The van der Waals surface area contributed by atoms with E-state index in [1.165, 1.54) is 0 Å². The third-order valence-electron chi connectivity index (χ3n) is 4.13. The molecule has 0 aromatic heterocycles. The molecule has 21 heavy (non-hydrogen) atoms. The third kappa shape index (κ3) is 4.05. The summed E-state index contributed by atoms with van der Waals surface area (Å²) < 4.78 is 17.5. The molecule has 1 unspecified atom stereocenters. The average molecular weight is 291 g/mol. The molecule has 0 amide bonds. The summed E-state index contributed by atoms with van der Waals surface area (Å²) in [5, 5.41) is 7.50. The lowest BCUT2D eigenvalue weighted by molar-refractivity contribution is -0.242. The minimum absolute atomic E-state index is 0.0475. The van der Waals surface area contributed by atoms with Crippen molar-refractivity contribution in [2.45, 2.75) is 52.8 Å². The fraction of sp³-hybridized carbons (Fsp3) is 0.588. The van der Waals surface area contributed by atoms with Crippen molar-refractivity contribution in [1.82, 2.24) is 0 Å². The van der Waals surface area contributed by atoms with E-state index >= 15 is 0 Å². The molecule has 0 aliphatic carbocycles. The molecule has 1 fully saturated rings. The lowest BCUT2D eigenvalue weighted by Crippen LogP contribution is -2.50. The van der Waals surface area contributed by atoms with Crippen LogP contribution in [0.15, 0.2) is 30.3 Å². The molecular formula is C17H25NO3. The number of nitrogens with one attached hydrogen (secondary N) is 1. The summed E-state index contributed by atoms with van der Waals surface area (Å²) in [6.07, 6.45) is -0.306. The van der Waals surface area contributed by atoms with Crippen molar-refractivity contribution in [3.63, 3.8) is 0 Å². The molecule has 1 aromatic carbocycles. The van der Waals surface area contributed by atoms with Crippen molar-refractivity contribution in [1.29, 1.82) is 5.41 Å². The first-order valence-corrected chi connectivity index (χ1v) is 7.52. The van der Waals surface area contributed by atoms with Crippen LogP contribution in [0.2, 0.25) is 0 Å². The molecule has 4 heteroatoms. The minimum atomic E-state index is -0.408. The SMILES string of the molecule is CC(=N)OC1O[C@H](C)[C@@H](C)[C@H](OCc2ccccc2)[C@H]1C. The molecule has 0 saturated carbocycles. The summed E-state index contributed by atoms with van der Waals surface area (Å²) >= 11 is 0. The molecule has 1 N–H and O–H groups in total. The fourth-order valence-electron chi connectivity index (χ4n) is 2.74. The van der Waals surface area contributed by atoms with Crippen LogP contribution >= 0.6 is 0 Å². The van der Waals surface area contributed by atoms with E-state index in [9.17, 15) is 0 Å². The van der Waals surface area contributed by atoms with Gasteiger partial charge in [0.15, 0.2) is 5.90 Å². The van der Waals surface area contributed by atoms with Crippen LogP contribution in [0.4, 0.5) is 0 Å². The zero-order chi connectivity index (χ0) is 15.4. The Balaban J connectivity index is 2.02. The van der Waals surface area contributed by atoms with E-state index in [4.69, 9.17) is 19.6 Å². The topological polar surface area (TPSA) is 51.5 Å². The molecule has 5 atom stereocenters. The largest absolute Gasteiger partial charge is 0.452 e. The molecule has 4 nitrogen and oxygen atoms in total. The third-order valence-corrected chi connectivity index (χ3v) is 4.13. The monoisotopic (exact) mass is 291 g/mol. The molecule has 2 rings (SSSR count). The Morgan fingerprint density at radius 1 is 1.14 bits per heavy atom. The first kappa shape index (κ1) is 16.0. The van der Waals surface area contributed by atoms with Crippen molar-refractivity contribution in [2.24, 2.45) is 11.8 Å². The van der Waals surface area contributed by atoms with Gasteiger partial charge in [0.25, 0.3) is 0 Å². The maximum Gasteiger partial charge on any atom is 0.206 e. The molecule has 0 spiro atoms. The lowest BCUT2D eigenvalue weighted by Gasteiger charge is -2.43. The van der Waals surface area contributed by atoms with E-state index in [1.807, 2.05) is 25.1 Å². The van der Waals surface area contributed by atoms with Crippen LogP contribution in [0, 0.1) is 17.2 Å². The van der Waals surface area contributed by atoms with Crippen LogP contribution in [0.1, 0.15) is 33.3 Å². The van der Waals surface area contributed by atoms with Gasteiger partial charge in [-0.15, -0.1) is 0 Å². The molecule has 1 aliphatic rings.